The van der Waals surface area contributed by atoms with E-state index in [0.717, 1.165) is 34.2 Å². The topological polar surface area (TPSA) is 75.6 Å². The first kappa shape index (κ1) is 25.5. The van der Waals surface area contributed by atoms with E-state index in [4.69, 9.17) is 4.74 Å². The number of carbonyl (C=O) groups excluding carboxylic acids is 1. The van der Waals surface area contributed by atoms with Crippen LogP contribution in [0.5, 0.6) is 0 Å². The van der Waals surface area contributed by atoms with Gasteiger partial charge in [-0.15, -0.1) is 0 Å². The van der Waals surface area contributed by atoms with Gasteiger partial charge in [0.05, 0.1) is 0 Å². The minimum Gasteiger partial charge on any atom is -0.480 e. The number of carbonyl (C=O) groups is 2. The fourth-order valence-corrected chi connectivity index (χ4v) is 4.99. The summed E-state index contributed by atoms with van der Waals surface area (Å²) in [5.74, 6) is -1.15. The van der Waals surface area contributed by atoms with E-state index in [1.165, 1.54) is 37.7 Å². The number of carboxylic acids is 1. The Kier molecular flexibility index (Phi) is 8.77. The van der Waals surface area contributed by atoms with E-state index in [-0.39, 0.29) is 18.9 Å². The maximum atomic E-state index is 12.6. The number of hydrogen-bond acceptors (Lipinski definition) is 3. The fraction of sp³-hybridized carbons (Fsp3) is 0.355. The zero-order valence-electron chi connectivity index (χ0n) is 20.9. The lowest BCUT2D eigenvalue weighted by atomic mass is 9.98. The van der Waals surface area contributed by atoms with Gasteiger partial charge >= 0.3 is 12.1 Å². The number of alkyl carbamates (subject to hydrolysis) is 1. The second kappa shape index (κ2) is 12.4. The van der Waals surface area contributed by atoms with Gasteiger partial charge in [-0.3, -0.25) is 0 Å². The van der Waals surface area contributed by atoms with E-state index >= 15 is 0 Å². The van der Waals surface area contributed by atoms with Crippen molar-refractivity contribution in [3.63, 3.8) is 0 Å². The van der Waals surface area contributed by atoms with Gasteiger partial charge in [0.1, 0.15) is 12.6 Å². The Morgan fingerprint density at radius 1 is 0.833 bits per heavy atom. The van der Waals surface area contributed by atoms with E-state index in [0.29, 0.717) is 0 Å². The quantitative estimate of drug-likeness (QED) is 0.279. The highest BCUT2D eigenvalue weighted by molar-refractivity contribution is 5.81. The molecule has 1 unspecified atom stereocenters. The highest BCUT2D eigenvalue weighted by Crippen LogP contribution is 2.44. The minimum absolute atomic E-state index is 0.0686. The van der Waals surface area contributed by atoms with Crippen LogP contribution in [0.4, 0.5) is 4.79 Å². The molecule has 0 spiro atoms. The Labute approximate surface area is 213 Å². The average molecular weight is 486 g/mol. The van der Waals surface area contributed by atoms with Crippen LogP contribution in [0, 0.1) is 0 Å². The monoisotopic (exact) mass is 485 g/mol. The molecule has 3 aromatic rings. The molecule has 1 atom stereocenters. The van der Waals surface area contributed by atoms with Crippen LogP contribution < -0.4 is 5.32 Å². The molecule has 5 nitrogen and oxygen atoms in total. The van der Waals surface area contributed by atoms with E-state index in [2.05, 4.69) is 48.6 Å². The van der Waals surface area contributed by atoms with E-state index < -0.39 is 18.1 Å². The molecule has 1 amide bonds. The molecule has 0 saturated heterocycles. The van der Waals surface area contributed by atoms with E-state index in [1.807, 2.05) is 36.4 Å². The first-order chi connectivity index (χ1) is 17.6. The Morgan fingerprint density at radius 3 is 2.03 bits per heavy atom. The lowest BCUT2D eigenvalue weighted by Crippen LogP contribution is -2.42. The number of benzene rings is 3. The molecule has 2 N–H and O–H groups in total. The summed E-state index contributed by atoms with van der Waals surface area (Å²) in [4.78, 5) is 24.4. The first-order valence-electron chi connectivity index (χ1n) is 13.0. The Balaban J connectivity index is 1.31. The average Bonchev–Trinajstić information content (AvgIpc) is 3.21. The Bertz CT molecular complexity index is 1130. The molecule has 1 aliphatic rings. The van der Waals surface area contributed by atoms with Gasteiger partial charge in [0.15, 0.2) is 0 Å². The lowest BCUT2D eigenvalue weighted by molar-refractivity contribution is -0.139. The van der Waals surface area contributed by atoms with Gasteiger partial charge in [-0.1, -0.05) is 105 Å². The molecular formula is C31H35NO4. The molecule has 4 rings (SSSR count). The number of unbranched alkanes of at least 4 members (excludes halogenated alkanes) is 4. The Morgan fingerprint density at radius 2 is 1.42 bits per heavy atom. The van der Waals surface area contributed by atoms with E-state index in [1.54, 1.807) is 0 Å². The molecule has 0 aromatic heterocycles. The third-order valence-corrected chi connectivity index (χ3v) is 6.97. The predicted octanol–water partition coefficient (Wildman–Crippen LogP) is 6.73. The number of carboxylic acid groups (broad SMARTS) is 1. The van der Waals surface area contributed by atoms with Gasteiger partial charge in [0, 0.05) is 12.3 Å². The van der Waals surface area contributed by atoms with Crippen molar-refractivity contribution in [1.29, 1.82) is 0 Å². The predicted molar refractivity (Wildman–Crippen MR) is 142 cm³/mol. The first-order valence-corrected chi connectivity index (χ1v) is 13.0. The van der Waals surface area contributed by atoms with Crippen LogP contribution in [-0.2, 0) is 22.4 Å². The van der Waals surface area contributed by atoms with Crippen molar-refractivity contribution in [3.05, 3.63) is 95.1 Å². The van der Waals surface area contributed by atoms with Crippen LogP contribution in [0.15, 0.2) is 72.8 Å². The van der Waals surface area contributed by atoms with Crippen molar-refractivity contribution in [2.24, 2.45) is 0 Å². The van der Waals surface area contributed by atoms with Gasteiger partial charge in [-0.05, 0) is 46.2 Å². The van der Waals surface area contributed by atoms with Crippen LogP contribution in [0.25, 0.3) is 11.1 Å². The molecule has 0 radical (unpaired) electrons. The number of rotatable bonds is 12. The number of fused-ring (bicyclic) bond motifs is 3. The summed E-state index contributed by atoms with van der Waals surface area (Å²) in [7, 11) is 0. The molecule has 0 saturated carbocycles. The summed E-state index contributed by atoms with van der Waals surface area (Å²) in [5.41, 5.74) is 6.66. The molecule has 5 heteroatoms. The van der Waals surface area contributed by atoms with Gasteiger partial charge < -0.3 is 15.2 Å². The third-order valence-electron chi connectivity index (χ3n) is 6.97. The second-order valence-corrected chi connectivity index (χ2v) is 9.55. The van der Waals surface area contributed by atoms with Crippen molar-refractivity contribution in [2.45, 2.75) is 63.8 Å². The second-order valence-electron chi connectivity index (χ2n) is 9.55. The molecule has 0 fully saturated rings. The van der Waals surface area contributed by atoms with Crippen LogP contribution in [0.1, 0.15) is 67.2 Å². The number of ether oxygens (including phenoxy) is 1. The summed E-state index contributed by atoms with van der Waals surface area (Å²) in [6.45, 7) is 2.37. The van der Waals surface area contributed by atoms with Crippen LogP contribution in [0.2, 0.25) is 0 Å². The molecule has 1 aliphatic carbocycles. The van der Waals surface area contributed by atoms with Gasteiger partial charge in [-0.25, -0.2) is 9.59 Å². The third kappa shape index (κ3) is 6.34. The highest BCUT2D eigenvalue weighted by atomic mass is 16.5. The molecular weight excluding hydrogens is 450 g/mol. The SMILES string of the molecule is CCCCCCCc1ccc(CC(NC(=O)OCC2c3ccccc3-c3ccccc32)C(=O)O)cc1. The standard InChI is InChI=1S/C31H35NO4/c1-2-3-4-5-6-11-22-16-18-23(19-17-22)20-29(30(33)34)32-31(35)36-21-28-26-14-9-7-12-24(26)25-13-8-10-15-27(25)28/h7-10,12-19,28-29H,2-6,11,20-21H2,1H3,(H,32,35)(H,33,34). The van der Waals surface area contributed by atoms with Crippen molar-refractivity contribution >= 4 is 12.1 Å². The lowest BCUT2D eigenvalue weighted by Gasteiger charge is -2.17. The molecule has 0 bridgehead atoms. The van der Waals surface area contributed by atoms with Crippen molar-refractivity contribution in [1.82, 2.24) is 5.32 Å². The maximum Gasteiger partial charge on any atom is 0.407 e. The van der Waals surface area contributed by atoms with Crippen molar-refractivity contribution in [2.75, 3.05) is 6.61 Å². The molecule has 0 aliphatic heterocycles. The smallest absolute Gasteiger partial charge is 0.407 e. The van der Waals surface area contributed by atoms with Crippen LogP contribution >= 0.6 is 0 Å². The van der Waals surface area contributed by atoms with Crippen LogP contribution in [-0.4, -0.2) is 29.8 Å². The zero-order chi connectivity index (χ0) is 25.3. The van der Waals surface area contributed by atoms with Gasteiger partial charge in [0.2, 0.25) is 0 Å². The van der Waals surface area contributed by atoms with Crippen molar-refractivity contribution < 1.29 is 19.4 Å². The molecule has 3 aromatic carbocycles. The molecule has 188 valence electrons. The van der Waals surface area contributed by atoms with E-state index in [9.17, 15) is 14.7 Å². The van der Waals surface area contributed by atoms with Gasteiger partial charge in [0.25, 0.3) is 0 Å². The summed E-state index contributed by atoms with van der Waals surface area (Å²) in [6.07, 6.45) is 6.72. The maximum absolute atomic E-state index is 12.6. The number of nitrogens with one attached hydrogen (secondary N) is 1. The molecule has 36 heavy (non-hydrogen) atoms. The van der Waals surface area contributed by atoms with Crippen LogP contribution in [0.3, 0.4) is 0 Å². The number of hydrogen-bond donors (Lipinski definition) is 2. The summed E-state index contributed by atoms with van der Waals surface area (Å²) in [5, 5.41) is 12.2. The normalized spacial score (nSPS) is 13.0. The number of amides is 1. The molecule has 0 heterocycles. The summed E-state index contributed by atoms with van der Waals surface area (Å²) < 4.78 is 5.54. The summed E-state index contributed by atoms with van der Waals surface area (Å²) >= 11 is 0. The number of aliphatic carboxylic acids is 1. The van der Waals surface area contributed by atoms with Crippen molar-refractivity contribution in [3.8, 4) is 11.1 Å². The zero-order valence-corrected chi connectivity index (χ0v) is 20.9. The van der Waals surface area contributed by atoms with Gasteiger partial charge in [-0.2, -0.15) is 0 Å². The summed E-state index contributed by atoms with van der Waals surface area (Å²) in [6, 6.07) is 23.2. The Hall–Kier alpha value is -3.60. The largest absolute Gasteiger partial charge is 0.480 e. The highest BCUT2D eigenvalue weighted by Gasteiger charge is 2.29. The minimum atomic E-state index is -1.08. The fourth-order valence-electron chi connectivity index (χ4n) is 4.99. The number of aryl methyl sites for hydroxylation is 1.